The molecule has 0 amide bonds. The van der Waals surface area contributed by atoms with E-state index in [1.54, 1.807) is 62.6 Å². The third-order valence-corrected chi connectivity index (χ3v) is 5.83. The Labute approximate surface area is 169 Å². The van der Waals surface area contributed by atoms with Crippen molar-refractivity contribution >= 4 is 27.3 Å². The summed E-state index contributed by atoms with van der Waals surface area (Å²) in [6.07, 6.45) is 0. The lowest BCUT2D eigenvalue weighted by molar-refractivity contribution is 0.409. The monoisotopic (exact) mass is 417 g/mol. The predicted octanol–water partition coefficient (Wildman–Crippen LogP) is 5.56. The number of sulfonamides is 1. The molecule has 1 N–H and O–H groups in total. The van der Waals surface area contributed by atoms with Crippen LogP contribution in [0, 0.1) is 13.8 Å². The maximum atomic E-state index is 13.0. The third kappa shape index (κ3) is 4.58. The Morgan fingerprint density at radius 2 is 1.68 bits per heavy atom. The number of halogens is 1. The van der Waals surface area contributed by atoms with Crippen LogP contribution in [0.5, 0.6) is 17.2 Å². The second-order valence-electron chi connectivity index (χ2n) is 6.30. The van der Waals surface area contributed by atoms with Crippen molar-refractivity contribution in [1.29, 1.82) is 0 Å². The van der Waals surface area contributed by atoms with Crippen molar-refractivity contribution in [3.05, 3.63) is 76.8 Å². The molecule has 28 heavy (non-hydrogen) atoms. The Balaban J connectivity index is 1.97. The quantitative estimate of drug-likeness (QED) is 0.570. The first-order valence-electron chi connectivity index (χ1n) is 8.50. The molecule has 5 nitrogen and oxygen atoms in total. The van der Waals surface area contributed by atoms with E-state index < -0.39 is 10.0 Å². The SMILES string of the molecule is COc1cccc(Oc2ccc(Cl)cc2NS(=O)(=O)c2cc(C)ccc2C)c1. The van der Waals surface area contributed by atoms with E-state index in [9.17, 15) is 8.42 Å². The summed E-state index contributed by atoms with van der Waals surface area (Å²) in [6.45, 7) is 3.59. The molecule has 146 valence electrons. The first-order chi connectivity index (χ1) is 13.3. The van der Waals surface area contributed by atoms with Crippen LogP contribution in [0.25, 0.3) is 0 Å². The maximum absolute atomic E-state index is 13.0. The van der Waals surface area contributed by atoms with Gasteiger partial charge < -0.3 is 9.47 Å². The van der Waals surface area contributed by atoms with E-state index in [2.05, 4.69) is 4.72 Å². The number of hydrogen-bond donors (Lipinski definition) is 1. The fourth-order valence-corrected chi connectivity index (χ4v) is 4.22. The number of rotatable bonds is 6. The minimum absolute atomic E-state index is 0.208. The first-order valence-corrected chi connectivity index (χ1v) is 10.4. The number of hydrogen-bond acceptors (Lipinski definition) is 4. The Morgan fingerprint density at radius 1 is 0.929 bits per heavy atom. The van der Waals surface area contributed by atoms with Crippen LogP contribution in [0.1, 0.15) is 11.1 Å². The highest BCUT2D eigenvalue weighted by Crippen LogP contribution is 2.35. The van der Waals surface area contributed by atoms with E-state index in [0.29, 0.717) is 27.8 Å². The van der Waals surface area contributed by atoms with Gasteiger partial charge in [-0.05, 0) is 61.4 Å². The Bertz CT molecular complexity index is 1110. The van der Waals surface area contributed by atoms with Gasteiger partial charge in [-0.3, -0.25) is 4.72 Å². The van der Waals surface area contributed by atoms with Gasteiger partial charge in [0.25, 0.3) is 10.0 Å². The zero-order valence-corrected chi connectivity index (χ0v) is 17.3. The summed E-state index contributed by atoms with van der Waals surface area (Å²) in [5.74, 6) is 1.46. The van der Waals surface area contributed by atoms with Crippen molar-refractivity contribution in [1.82, 2.24) is 0 Å². The predicted molar refractivity (Wildman–Crippen MR) is 111 cm³/mol. The standard InChI is InChI=1S/C21H20ClNO4S/c1-14-7-8-15(2)21(11-14)28(24,25)23-19-12-16(22)9-10-20(19)27-18-6-4-5-17(13-18)26-3/h4-13,23H,1-3H3. The minimum atomic E-state index is -3.82. The van der Waals surface area contributed by atoms with Gasteiger partial charge in [0.1, 0.15) is 11.5 Å². The summed E-state index contributed by atoms with van der Waals surface area (Å²) in [5, 5.41) is 0.386. The zero-order valence-electron chi connectivity index (χ0n) is 15.7. The zero-order chi connectivity index (χ0) is 20.3. The van der Waals surface area contributed by atoms with Crippen LogP contribution in [0.4, 0.5) is 5.69 Å². The van der Waals surface area contributed by atoms with E-state index in [0.717, 1.165) is 5.56 Å². The molecule has 0 aromatic heterocycles. The lowest BCUT2D eigenvalue weighted by atomic mass is 10.2. The van der Waals surface area contributed by atoms with E-state index in [1.165, 1.54) is 6.07 Å². The summed E-state index contributed by atoms with van der Waals surface area (Å²) in [5.41, 5.74) is 1.75. The van der Waals surface area contributed by atoms with Crippen molar-refractivity contribution in [2.24, 2.45) is 0 Å². The molecule has 0 aliphatic rings. The van der Waals surface area contributed by atoms with E-state index >= 15 is 0 Å². The Kier molecular flexibility index (Phi) is 5.82. The molecule has 0 atom stereocenters. The van der Waals surface area contributed by atoms with Crippen molar-refractivity contribution in [3.63, 3.8) is 0 Å². The molecule has 0 fully saturated rings. The molecule has 3 aromatic rings. The second-order valence-corrected chi connectivity index (χ2v) is 8.38. The van der Waals surface area contributed by atoms with Crippen LogP contribution in [0.3, 0.4) is 0 Å². The number of methoxy groups -OCH3 is 1. The van der Waals surface area contributed by atoms with Crippen LogP contribution >= 0.6 is 11.6 Å². The molecule has 0 unspecified atom stereocenters. The summed E-state index contributed by atoms with van der Waals surface area (Å²) < 4.78 is 39.6. The fourth-order valence-electron chi connectivity index (χ4n) is 2.66. The number of anilines is 1. The highest BCUT2D eigenvalue weighted by atomic mass is 35.5. The normalized spacial score (nSPS) is 11.1. The molecular formula is C21H20ClNO4S. The molecule has 0 aliphatic carbocycles. The highest BCUT2D eigenvalue weighted by molar-refractivity contribution is 7.92. The molecule has 0 saturated carbocycles. The summed E-state index contributed by atoms with van der Waals surface area (Å²) in [4.78, 5) is 0.208. The summed E-state index contributed by atoms with van der Waals surface area (Å²) in [7, 11) is -2.26. The molecule has 0 radical (unpaired) electrons. The third-order valence-electron chi connectivity index (χ3n) is 4.09. The summed E-state index contributed by atoms with van der Waals surface area (Å²) >= 11 is 6.09. The smallest absolute Gasteiger partial charge is 0.262 e. The lowest BCUT2D eigenvalue weighted by Gasteiger charge is -2.15. The van der Waals surface area contributed by atoms with Crippen LogP contribution in [0.15, 0.2) is 65.6 Å². The fraction of sp³-hybridized carbons (Fsp3) is 0.143. The Morgan fingerprint density at radius 3 is 2.43 bits per heavy atom. The minimum Gasteiger partial charge on any atom is -0.497 e. The molecule has 0 saturated heterocycles. The van der Waals surface area contributed by atoms with Crippen molar-refractivity contribution in [2.45, 2.75) is 18.7 Å². The number of nitrogens with one attached hydrogen (secondary N) is 1. The lowest BCUT2D eigenvalue weighted by Crippen LogP contribution is -2.15. The first kappa shape index (κ1) is 20.0. The largest absolute Gasteiger partial charge is 0.497 e. The average molecular weight is 418 g/mol. The van der Waals surface area contributed by atoms with Crippen LogP contribution in [-0.4, -0.2) is 15.5 Å². The number of aryl methyl sites for hydroxylation is 2. The molecule has 0 spiro atoms. The maximum Gasteiger partial charge on any atom is 0.262 e. The topological polar surface area (TPSA) is 64.6 Å². The van der Waals surface area contributed by atoms with Gasteiger partial charge in [-0.25, -0.2) is 8.42 Å². The second kappa shape index (κ2) is 8.12. The van der Waals surface area contributed by atoms with Gasteiger partial charge in [-0.1, -0.05) is 29.8 Å². The van der Waals surface area contributed by atoms with E-state index in [-0.39, 0.29) is 10.6 Å². The van der Waals surface area contributed by atoms with Crippen LogP contribution < -0.4 is 14.2 Å². The highest BCUT2D eigenvalue weighted by Gasteiger charge is 2.20. The van der Waals surface area contributed by atoms with Gasteiger partial charge in [-0.15, -0.1) is 0 Å². The van der Waals surface area contributed by atoms with Gasteiger partial charge >= 0.3 is 0 Å². The van der Waals surface area contributed by atoms with Crippen LogP contribution in [0.2, 0.25) is 5.02 Å². The molecule has 3 aromatic carbocycles. The van der Waals surface area contributed by atoms with Gasteiger partial charge in [0.05, 0.1) is 17.7 Å². The number of benzene rings is 3. The van der Waals surface area contributed by atoms with Gasteiger partial charge in [-0.2, -0.15) is 0 Å². The van der Waals surface area contributed by atoms with Gasteiger partial charge in [0.2, 0.25) is 0 Å². The van der Waals surface area contributed by atoms with Gasteiger partial charge in [0, 0.05) is 11.1 Å². The van der Waals surface area contributed by atoms with E-state index in [1.807, 2.05) is 13.0 Å². The molecule has 0 aliphatic heterocycles. The molecule has 0 heterocycles. The van der Waals surface area contributed by atoms with Crippen molar-refractivity contribution in [3.8, 4) is 17.2 Å². The molecule has 3 rings (SSSR count). The van der Waals surface area contributed by atoms with Gasteiger partial charge in [0.15, 0.2) is 5.75 Å². The Hall–Kier alpha value is -2.70. The van der Waals surface area contributed by atoms with E-state index in [4.69, 9.17) is 21.1 Å². The van der Waals surface area contributed by atoms with Crippen LogP contribution in [-0.2, 0) is 10.0 Å². The molecule has 0 bridgehead atoms. The van der Waals surface area contributed by atoms with Crippen molar-refractivity contribution in [2.75, 3.05) is 11.8 Å². The molecular weight excluding hydrogens is 398 g/mol. The van der Waals surface area contributed by atoms with Crippen molar-refractivity contribution < 1.29 is 17.9 Å². The average Bonchev–Trinajstić information content (AvgIpc) is 2.65. The number of ether oxygens (including phenoxy) is 2. The summed E-state index contributed by atoms with van der Waals surface area (Å²) in [6, 6.07) is 17.1. The molecule has 7 heteroatoms.